The Kier molecular flexibility index (Phi) is 2.57. The lowest BCUT2D eigenvalue weighted by molar-refractivity contribution is -0.121. The number of aromatic nitrogens is 2. The molecule has 1 aliphatic heterocycles. The first-order valence-electron chi connectivity index (χ1n) is 6.83. The molecule has 2 N–H and O–H groups in total. The van der Waals surface area contributed by atoms with Crippen molar-refractivity contribution >= 4 is 17.4 Å². The molecule has 0 bridgehead atoms. The average Bonchev–Trinajstić information content (AvgIpc) is 2.68. The van der Waals surface area contributed by atoms with E-state index in [0.29, 0.717) is 0 Å². The van der Waals surface area contributed by atoms with Crippen LogP contribution in [0.4, 0.5) is 11.5 Å². The Bertz CT molecular complexity index is 485. The molecule has 3 rings (SSSR count). The number of nitrogens with zero attached hydrogens (tertiary/aromatic N) is 2. The maximum atomic E-state index is 12.4. The number of rotatable bonds is 1. The van der Waals surface area contributed by atoms with Crippen molar-refractivity contribution in [2.24, 2.45) is 0 Å². The largest absolute Gasteiger partial charge is 0.354 e. The third-order valence-corrected chi connectivity index (χ3v) is 4.16. The van der Waals surface area contributed by atoms with E-state index in [9.17, 15) is 4.79 Å². The van der Waals surface area contributed by atoms with Crippen LogP contribution in [0.1, 0.15) is 44.7 Å². The molecular weight excluding hydrogens is 228 g/mol. The van der Waals surface area contributed by atoms with E-state index in [2.05, 4.69) is 22.7 Å². The Hall–Kier alpha value is -1.52. The van der Waals surface area contributed by atoms with Crippen LogP contribution >= 0.6 is 0 Å². The van der Waals surface area contributed by atoms with Gasteiger partial charge in [-0.2, -0.15) is 5.10 Å². The van der Waals surface area contributed by atoms with Crippen molar-refractivity contribution < 1.29 is 4.79 Å². The second-order valence-electron chi connectivity index (χ2n) is 5.35. The summed E-state index contributed by atoms with van der Waals surface area (Å²) in [7, 11) is 0. The van der Waals surface area contributed by atoms with Crippen molar-refractivity contribution in [2.45, 2.75) is 58.0 Å². The Morgan fingerprint density at radius 2 is 2.06 bits per heavy atom. The highest BCUT2D eigenvalue weighted by molar-refractivity contribution is 6.06. The van der Waals surface area contributed by atoms with Gasteiger partial charge in [0.25, 0.3) is 0 Å². The second-order valence-corrected chi connectivity index (χ2v) is 5.35. The monoisotopic (exact) mass is 248 g/mol. The number of nitrogens with one attached hydrogen (secondary N) is 2. The van der Waals surface area contributed by atoms with Crippen molar-refractivity contribution in [1.82, 2.24) is 9.78 Å². The summed E-state index contributed by atoms with van der Waals surface area (Å²) in [6, 6.07) is 0. The number of carbonyl (C=O) groups excluding carboxylic acids is 1. The molecule has 5 heteroatoms. The molecular formula is C13H20N4O. The third kappa shape index (κ3) is 1.53. The number of hydrogen-bond acceptors (Lipinski definition) is 3. The van der Waals surface area contributed by atoms with E-state index >= 15 is 0 Å². The van der Waals surface area contributed by atoms with E-state index < -0.39 is 5.54 Å². The van der Waals surface area contributed by atoms with Crippen LogP contribution in [0.15, 0.2) is 0 Å². The van der Waals surface area contributed by atoms with Gasteiger partial charge in [-0.15, -0.1) is 0 Å². The van der Waals surface area contributed by atoms with Gasteiger partial charge in [0.05, 0.1) is 5.69 Å². The van der Waals surface area contributed by atoms with E-state index in [0.717, 1.165) is 49.4 Å². The average molecular weight is 248 g/mol. The normalized spacial score (nSPS) is 21.3. The molecule has 0 unspecified atom stereocenters. The predicted molar refractivity (Wildman–Crippen MR) is 70.7 cm³/mol. The van der Waals surface area contributed by atoms with Crippen molar-refractivity contribution in [3.8, 4) is 0 Å². The van der Waals surface area contributed by atoms with Gasteiger partial charge >= 0.3 is 0 Å². The quantitative estimate of drug-likeness (QED) is 0.801. The molecule has 0 aromatic carbocycles. The Morgan fingerprint density at radius 3 is 2.72 bits per heavy atom. The summed E-state index contributed by atoms with van der Waals surface area (Å²) in [5.74, 6) is 1.10. The van der Waals surface area contributed by atoms with Gasteiger partial charge in [0, 0.05) is 6.54 Å². The topological polar surface area (TPSA) is 59.0 Å². The fourth-order valence-corrected chi connectivity index (χ4v) is 3.11. The molecule has 2 heterocycles. The lowest BCUT2D eigenvalue weighted by Gasteiger charge is -2.40. The smallest absolute Gasteiger partial charge is 0.250 e. The van der Waals surface area contributed by atoms with Crippen molar-refractivity contribution in [2.75, 3.05) is 10.6 Å². The molecule has 1 amide bonds. The van der Waals surface area contributed by atoms with Crippen LogP contribution in [0, 0.1) is 6.92 Å². The van der Waals surface area contributed by atoms with E-state index in [4.69, 9.17) is 0 Å². The highest BCUT2D eigenvalue weighted by Gasteiger charge is 2.44. The predicted octanol–water partition coefficient (Wildman–Crippen LogP) is 2.28. The second kappa shape index (κ2) is 4.00. The summed E-state index contributed by atoms with van der Waals surface area (Å²) in [4.78, 5) is 12.4. The molecule has 5 nitrogen and oxygen atoms in total. The number of amides is 1. The zero-order valence-electron chi connectivity index (χ0n) is 11.0. The van der Waals surface area contributed by atoms with Gasteiger partial charge in [0.2, 0.25) is 5.91 Å². The molecule has 98 valence electrons. The van der Waals surface area contributed by atoms with Crippen LogP contribution in [-0.4, -0.2) is 21.2 Å². The number of aryl methyl sites for hydroxylation is 2. The summed E-state index contributed by atoms with van der Waals surface area (Å²) in [6.07, 6.45) is 5.32. The van der Waals surface area contributed by atoms with Gasteiger partial charge in [-0.05, 0) is 26.7 Å². The van der Waals surface area contributed by atoms with Crippen LogP contribution in [0.25, 0.3) is 0 Å². The zero-order chi connectivity index (χ0) is 12.8. The molecule has 1 spiro atoms. The lowest BCUT2D eigenvalue weighted by atomic mass is 9.80. The highest BCUT2D eigenvalue weighted by Crippen LogP contribution is 2.40. The lowest BCUT2D eigenvalue weighted by Crippen LogP contribution is -2.53. The zero-order valence-corrected chi connectivity index (χ0v) is 11.0. The van der Waals surface area contributed by atoms with Crippen LogP contribution in [-0.2, 0) is 11.3 Å². The fourth-order valence-electron chi connectivity index (χ4n) is 3.11. The number of fused-ring (bicyclic) bond motifs is 1. The van der Waals surface area contributed by atoms with Crippen molar-refractivity contribution in [3.63, 3.8) is 0 Å². The van der Waals surface area contributed by atoms with Crippen LogP contribution in [0.2, 0.25) is 0 Å². The van der Waals surface area contributed by atoms with Gasteiger partial charge in [0.15, 0.2) is 0 Å². The molecule has 0 saturated heterocycles. The molecule has 2 aliphatic rings. The molecule has 1 aromatic rings. The minimum Gasteiger partial charge on any atom is -0.354 e. The Labute approximate surface area is 107 Å². The molecule has 18 heavy (non-hydrogen) atoms. The van der Waals surface area contributed by atoms with E-state index in [1.165, 1.54) is 6.42 Å². The highest BCUT2D eigenvalue weighted by atomic mass is 16.2. The summed E-state index contributed by atoms with van der Waals surface area (Å²) in [6.45, 7) is 4.82. The van der Waals surface area contributed by atoms with Crippen LogP contribution in [0.3, 0.4) is 0 Å². The minimum absolute atomic E-state index is 0.119. The molecule has 0 radical (unpaired) electrons. The van der Waals surface area contributed by atoms with Crippen molar-refractivity contribution in [1.29, 1.82) is 0 Å². The van der Waals surface area contributed by atoms with Gasteiger partial charge in [-0.1, -0.05) is 19.3 Å². The summed E-state index contributed by atoms with van der Waals surface area (Å²) in [5.41, 5.74) is 1.35. The van der Waals surface area contributed by atoms with Crippen LogP contribution in [0.5, 0.6) is 0 Å². The van der Waals surface area contributed by atoms with Gasteiger partial charge < -0.3 is 10.6 Å². The first kappa shape index (κ1) is 11.6. The molecule has 0 atom stereocenters. The van der Waals surface area contributed by atoms with Gasteiger partial charge in [-0.3, -0.25) is 4.79 Å². The first-order chi connectivity index (χ1) is 8.66. The summed E-state index contributed by atoms with van der Waals surface area (Å²) in [5, 5.41) is 11.0. The summed E-state index contributed by atoms with van der Waals surface area (Å²) < 4.78 is 1.94. The number of hydrogen-bond donors (Lipinski definition) is 2. The van der Waals surface area contributed by atoms with E-state index in [-0.39, 0.29) is 5.91 Å². The van der Waals surface area contributed by atoms with Gasteiger partial charge in [-0.25, -0.2) is 4.68 Å². The van der Waals surface area contributed by atoms with E-state index in [1.54, 1.807) is 0 Å². The molecule has 1 saturated carbocycles. The van der Waals surface area contributed by atoms with Gasteiger partial charge in [0.1, 0.15) is 17.0 Å². The molecule has 1 aromatic heterocycles. The Morgan fingerprint density at radius 1 is 1.33 bits per heavy atom. The fraction of sp³-hybridized carbons (Fsp3) is 0.692. The molecule has 1 aliphatic carbocycles. The van der Waals surface area contributed by atoms with E-state index in [1.807, 2.05) is 11.6 Å². The van der Waals surface area contributed by atoms with Crippen LogP contribution < -0.4 is 10.6 Å². The first-order valence-corrected chi connectivity index (χ1v) is 6.83. The minimum atomic E-state index is -0.398. The maximum absolute atomic E-state index is 12.4. The van der Waals surface area contributed by atoms with Crippen molar-refractivity contribution in [3.05, 3.63) is 5.69 Å². The summed E-state index contributed by atoms with van der Waals surface area (Å²) >= 11 is 0. The number of carbonyl (C=O) groups is 1. The SMILES string of the molecule is CCn1nc(C)c2c1NC1(CCCCC1)C(=O)N2. The Balaban J connectivity index is 2.01. The molecule has 1 fully saturated rings. The third-order valence-electron chi connectivity index (χ3n) is 4.16. The maximum Gasteiger partial charge on any atom is 0.250 e. The standard InChI is InChI=1S/C13H20N4O/c1-3-17-11-10(9(2)16-17)14-12(18)13(15-11)7-5-4-6-8-13/h15H,3-8H2,1-2H3,(H,14,18). The number of anilines is 2.